The highest BCUT2D eigenvalue weighted by Crippen LogP contribution is 2.24. The van der Waals surface area contributed by atoms with E-state index in [0.29, 0.717) is 17.0 Å². The van der Waals surface area contributed by atoms with Crippen LogP contribution in [-0.4, -0.2) is 27.7 Å². The van der Waals surface area contributed by atoms with E-state index in [2.05, 4.69) is 10.1 Å². The highest BCUT2D eigenvalue weighted by molar-refractivity contribution is 6.16. The molecule has 3 aromatic rings. The molecule has 0 unspecified atom stereocenters. The van der Waals surface area contributed by atoms with Gasteiger partial charge in [0.05, 0.1) is 18.8 Å². The van der Waals surface area contributed by atoms with Crippen molar-refractivity contribution in [3.63, 3.8) is 0 Å². The van der Waals surface area contributed by atoms with Crippen molar-refractivity contribution in [2.75, 3.05) is 7.11 Å². The Bertz CT molecular complexity index is 787. The minimum atomic E-state index is -0.125. The van der Waals surface area contributed by atoms with Crippen LogP contribution >= 0.6 is 0 Å². The average Bonchev–Trinajstić information content (AvgIpc) is 2.87. The van der Waals surface area contributed by atoms with E-state index < -0.39 is 0 Å². The van der Waals surface area contributed by atoms with Gasteiger partial charge in [-0.1, -0.05) is 18.2 Å². The Labute approximate surface area is 115 Å². The van der Waals surface area contributed by atoms with E-state index in [1.165, 1.54) is 18.0 Å². The molecule has 3 rings (SSSR count). The normalized spacial score (nSPS) is 10.7. The molecule has 0 spiro atoms. The van der Waals surface area contributed by atoms with Gasteiger partial charge in [-0.05, 0) is 12.1 Å². The smallest absolute Gasteiger partial charge is 0.215 e. The van der Waals surface area contributed by atoms with Gasteiger partial charge in [0, 0.05) is 24.2 Å². The summed E-state index contributed by atoms with van der Waals surface area (Å²) < 4.78 is 6.73. The van der Waals surface area contributed by atoms with Crippen LogP contribution in [0.15, 0.2) is 42.7 Å². The van der Waals surface area contributed by atoms with E-state index in [4.69, 9.17) is 4.74 Å². The van der Waals surface area contributed by atoms with Gasteiger partial charge in [-0.15, -0.1) is 0 Å². The van der Waals surface area contributed by atoms with Crippen LogP contribution in [0, 0.1) is 0 Å². The number of aromatic nitrogens is 3. The van der Waals surface area contributed by atoms with Crippen molar-refractivity contribution >= 4 is 16.7 Å². The van der Waals surface area contributed by atoms with Crippen LogP contribution in [0.1, 0.15) is 16.1 Å². The lowest BCUT2D eigenvalue weighted by atomic mass is 10.0. The Kier molecular flexibility index (Phi) is 2.95. The molecule has 0 aliphatic carbocycles. The van der Waals surface area contributed by atoms with Crippen molar-refractivity contribution in [3.8, 4) is 5.75 Å². The monoisotopic (exact) mass is 267 g/mol. The van der Waals surface area contributed by atoms with E-state index in [-0.39, 0.29) is 5.78 Å². The number of carbonyl (C=O) groups excluding carboxylic acids is 1. The number of pyridine rings is 1. The molecule has 0 bridgehead atoms. The quantitative estimate of drug-likeness (QED) is 0.683. The molecule has 20 heavy (non-hydrogen) atoms. The molecule has 5 heteroatoms. The number of methoxy groups -OCH3 is 1. The van der Waals surface area contributed by atoms with Gasteiger partial charge in [0.2, 0.25) is 5.78 Å². The minimum Gasteiger partial charge on any atom is -0.493 e. The van der Waals surface area contributed by atoms with Crippen molar-refractivity contribution in [2.45, 2.75) is 0 Å². The maximum atomic E-state index is 12.8. The van der Waals surface area contributed by atoms with Crippen molar-refractivity contribution in [1.29, 1.82) is 0 Å². The first kappa shape index (κ1) is 12.3. The topological polar surface area (TPSA) is 57.0 Å². The van der Waals surface area contributed by atoms with Crippen molar-refractivity contribution in [2.24, 2.45) is 7.05 Å². The van der Waals surface area contributed by atoms with E-state index in [1.807, 2.05) is 24.3 Å². The third-order valence-electron chi connectivity index (χ3n) is 3.23. The van der Waals surface area contributed by atoms with Gasteiger partial charge >= 0.3 is 0 Å². The number of nitrogens with zero attached hydrogens (tertiary/aromatic N) is 3. The van der Waals surface area contributed by atoms with Crippen molar-refractivity contribution in [3.05, 3.63) is 54.0 Å². The van der Waals surface area contributed by atoms with E-state index in [0.717, 1.165) is 10.9 Å². The summed E-state index contributed by atoms with van der Waals surface area (Å²) in [5, 5.41) is 4.89. The van der Waals surface area contributed by atoms with Crippen LogP contribution in [-0.2, 0) is 7.05 Å². The maximum Gasteiger partial charge on any atom is 0.215 e. The SMILES string of the molecule is COc1cnn(C)c1C(=O)c1cccc2ncccc12. The van der Waals surface area contributed by atoms with Gasteiger partial charge in [-0.2, -0.15) is 5.10 Å². The molecule has 2 heterocycles. The molecule has 0 saturated heterocycles. The maximum absolute atomic E-state index is 12.8. The first-order valence-electron chi connectivity index (χ1n) is 6.17. The van der Waals surface area contributed by atoms with Crippen LogP contribution in [0.5, 0.6) is 5.75 Å². The van der Waals surface area contributed by atoms with Crippen LogP contribution in [0.2, 0.25) is 0 Å². The molecular weight excluding hydrogens is 254 g/mol. The van der Waals surface area contributed by atoms with Crippen molar-refractivity contribution < 1.29 is 9.53 Å². The largest absolute Gasteiger partial charge is 0.493 e. The number of hydrogen-bond donors (Lipinski definition) is 0. The zero-order chi connectivity index (χ0) is 14.1. The molecule has 0 radical (unpaired) electrons. The first-order valence-corrected chi connectivity index (χ1v) is 6.17. The fourth-order valence-electron chi connectivity index (χ4n) is 2.25. The fourth-order valence-corrected chi connectivity index (χ4v) is 2.25. The second-order valence-corrected chi connectivity index (χ2v) is 4.39. The van der Waals surface area contributed by atoms with Crippen LogP contribution in [0.25, 0.3) is 10.9 Å². The highest BCUT2D eigenvalue weighted by atomic mass is 16.5. The highest BCUT2D eigenvalue weighted by Gasteiger charge is 2.21. The molecule has 5 nitrogen and oxygen atoms in total. The van der Waals surface area contributed by atoms with Gasteiger partial charge in [0.1, 0.15) is 0 Å². The molecule has 0 aliphatic heterocycles. The summed E-state index contributed by atoms with van der Waals surface area (Å²) >= 11 is 0. The predicted molar refractivity (Wildman–Crippen MR) is 74.9 cm³/mol. The molecule has 0 atom stereocenters. The molecule has 0 aliphatic rings. The molecule has 2 aromatic heterocycles. The minimum absolute atomic E-state index is 0.125. The number of fused-ring (bicyclic) bond motifs is 1. The van der Waals surface area contributed by atoms with Crippen LogP contribution < -0.4 is 4.74 Å². The number of rotatable bonds is 3. The lowest BCUT2D eigenvalue weighted by Crippen LogP contribution is -2.10. The third kappa shape index (κ3) is 1.84. The average molecular weight is 267 g/mol. The second-order valence-electron chi connectivity index (χ2n) is 4.39. The second kappa shape index (κ2) is 4.77. The van der Waals surface area contributed by atoms with Gasteiger partial charge in [0.25, 0.3) is 0 Å². The van der Waals surface area contributed by atoms with Crippen LogP contribution in [0.4, 0.5) is 0 Å². The molecule has 0 fully saturated rings. The molecule has 0 amide bonds. The number of hydrogen-bond acceptors (Lipinski definition) is 4. The van der Waals surface area contributed by atoms with Gasteiger partial charge in [-0.3, -0.25) is 14.5 Å². The summed E-state index contributed by atoms with van der Waals surface area (Å²) in [6.07, 6.45) is 3.25. The number of carbonyl (C=O) groups is 1. The van der Waals surface area contributed by atoms with Gasteiger partial charge in [-0.25, -0.2) is 0 Å². The van der Waals surface area contributed by atoms with Crippen LogP contribution in [0.3, 0.4) is 0 Å². The summed E-state index contributed by atoms with van der Waals surface area (Å²) in [6, 6.07) is 9.20. The molecule has 0 N–H and O–H groups in total. The Morgan fingerprint density at radius 3 is 2.90 bits per heavy atom. The Hall–Kier alpha value is -2.69. The summed E-state index contributed by atoms with van der Waals surface area (Å²) in [6.45, 7) is 0. The lowest BCUT2D eigenvalue weighted by molar-refractivity contribution is 0.102. The number of aryl methyl sites for hydroxylation is 1. The molecular formula is C15H13N3O2. The summed E-state index contributed by atoms with van der Waals surface area (Å²) in [5.74, 6) is 0.346. The lowest BCUT2D eigenvalue weighted by Gasteiger charge is -2.07. The fraction of sp³-hybridized carbons (Fsp3) is 0.133. The van der Waals surface area contributed by atoms with E-state index in [9.17, 15) is 4.79 Å². The summed E-state index contributed by atoms with van der Waals surface area (Å²) in [5.41, 5.74) is 1.82. The summed E-state index contributed by atoms with van der Waals surface area (Å²) in [4.78, 5) is 17.0. The number of benzene rings is 1. The number of ketones is 1. The standard InChI is InChI=1S/C15H13N3O2/c1-18-14(13(20-2)9-17-18)15(19)11-5-3-7-12-10(11)6-4-8-16-12/h3-9H,1-2H3. The first-order chi connectivity index (χ1) is 9.72. The zero-order valence-corrected chi connectivity index (χ0v) is 11.2. The zero-order valence-electron chi connectivity index (χ0n) is 11.2. The predicted octanol–water partition coefficient (Wildman–Crippen LogP) is 2.21. The Morgan fingerprint density at radius 2 is 2.10 bits per heavy atom. The molecule has 0 saturated carbocycles. The molecule has 1 aromatic carbocycles. The number of ether oxygens (including phenoxy) is 1. The van der Waals surface area contributed by atoms with Gasteiger partial charge in [0.15, 0.2) is 11.4 Å². The van der Waals surface area contributed by atoms with E-state index >= 15 is 0 Å². The summed E-state index contributed by atoms with van der Waals surface area (Å²) in [7, 11) is 3.25. The van der Waals surface area contributed by atoms with Crippen molar-refractivity contribution in [1.82, 2.24) is 14.8 Å². The Balaban J connectivity index is 2.20. The Morgan fingerprint density at radius 1 is 1.25 bits per heavy atom. The van der Waals surface area contributed by atoms with E-state index in [1.54, 1.807) is 19.3 Å². The third-order valence-corrected chi connectivity index (χ3v) is 3.23. The molecule has 100 valence electrons. The van der Waals surface area contributed by atoms with Gasteiger partial charge < -0.3 is 4.74 Å².